The highest BCUT2D eigenvalue weighted by atomic mass is 19.1. The summed E-state index contributed by atoms with van der Waals surface area (Å²) in [5.74, 6) is 0.709. The fourth-order valence-electron chi connectivity index (χ4n) is 3.58. The molecule has 34 heavy (non-hydrogen) atoms. The zero-order valence-electron chi connectivity index (χ0n) is 19.9. The number of benzene rings is 2. The van der Waals surface area contributed by atoms with Crippen molar-refractivity contribution in [2.45, 2.75) is 13.5 Å². The van der Waals surface area contributed by atoms with Crippen molar-refractivity contribution in [2.24, 2.45) is 0 Å². The Morgan fingerprint density at radius 2 is 1.03 bits per heavy atom. The summed E-state index contributed by atoms with van der Waals surface area (Å²) in [5, 5.41) is 0. The molecule has 0 spiro atoms. The van der Waals surface area contributed by atoms with E-state index in [4.69, 9.17) is 18.9 Å². The average molecular weight is 469 g/mol. The summed E-state index contributed by atoms with van der Waals surface area (Å²) >= 11 is 0. The quantitative estimate of drug-likeness (QED) is 0.381. The predicted molar refractivity (Wildman–Crippen MR) is 129 cm³/mol. The van der Waals surface area contributed by atoms with Crippen LogP contribution in [-0.2, 0) is 6.54 Å². The van der Waals surface area contributed by atoms with Crippen LogP contribution in [0, 0.1) is 11.6 Å². The van der Waals surface area contributed by atoms with E-state index in [0.717, 1.165) is 11.4 Å². The van der Waals surface area contributed by atoms with E-state index in [1.54, 1.807) is 24.3 Å². The molecular formula is C27H28F2NO4+. The summed E-state index contributed by atoms with van der Waals surface area (Å²) in [4.78, 5) is 0. The van der Waals surface area contributed by atoms with Gasteiger partial charge < -0.3 is 18.9 Å². The molecule has 5 nitrogen and oxygen atoms in total. The highest BCUT2D eigenvalue weighted by Gasteiger charge is 2.14. The number of ether oxygens (including phenoxy) is 4. The molecule has 0 saturated heterocycles. The van der Waals surface area contributed by atoms with Gasteiger partial charge in [-0.2, -0.15) is 4.57 Å². The largest absolute Gasteiger partial charge is 0.493 e. The van der Waals surface area contributed by atoms with Crippen LogP contribution in [0.4, 0.5) is 8.78 Å². The van der Waals surface area contributed by atoms with E-state index in [2.05, 4.69) is 0 Å². The Balaban J connectivity index is 1.95. The van der Waals surface area contributed by atoms with E-state index in [0.29, 0.717) is 40.7 Å². The van der Waals surface area contributed by atoms with Crippen LogP contribution in [0.5, 0.6) is 23.0 Å². The number of hydrogen-bond acceptors (Lipinski definition) is 4. The van der Waals surface area contributed by atoms with Crippen LogP contribution < -0.4 is 23.5 Å². The van der Waals surface area contributed by atoms with Gasteiger partial charge in [-0.05, 0) is 37.3 Å². The van der Waals surface area contributed by atoms with Gasteiger partial charge in [0.2, 0.25) is 11.4 Å². The zero-order chi connectivity index (χ0) is 24.7. The molecule has 7 heteroatoms. The van der Waals surface area contributed by atoms with Crippen molar-refractivity contribution >= 4 is 24.3 Å². The van der Waals surface area contributed by atoms with Crippen molar-refractivity contribution in [1.29, 1.82) is 0 Å². The number of pyridine rings is 1. The van der Waals surface area contributed by atoms with Crippen molar-refractivity contribution in [3.05, 3.63) is 76.6 Å². The SMILES string of the molecule is CC[n+]1c(/C=C/c2cc(OC)c(OC)cc2F)cccc1/C=C/c1cc(OC)c(OC)cc1F. The van der Waals surface area contributed by atoms with Crippen LogP contribution >= 0.6 is 0 Å². The molecule has 0 fully saturated rings. The van der Waals surface area contributed by atoms with E-state index in [1.807, 2.05) is 41.8 Å². The molecule has 0 amide bonds. The molecular weight excluding hydrogens is 440 g/mol. The van der Waals surface area contributed by atoms with Crippen LogP contribution in [0.15, 0.2) is 42.5 Å². The number of rotatable bonds is 9. The molecule has 1 heterocycles. The summed E-state index contributed by atoms with van der Waals surface area (Å²) in [6.07, 6.45) is 7.00. The molecule has 178 valence electrons. The van der Waals surface area contributed by atoms with E-state index in [9.17, 15) is 8.78 Å². The monoisotopic (exact) mass is 468 g/mol. The number of hydrogen-bond donors (Lipinski definition) is 0. The number of halogens is 2. The van der Waals surface area contributed by atoms with Gasteiger partial charge in [-0.1, -0.05) is 0 Å². The Morgan fingerprint density at radius 1 is 0.647 bits per heavy atom. The smallest absolute Gasteiger partial charge is 0.205 e. The molecule has 0 unspecified atom stereocenters. The van der Waals surface area contributed by atoms with Gasteiger partial charge >= 0.3 is 0 Å². The van der Waals surface area contributed by atoms with Crippen LogP contribution in [0.1, 0.15) is 29.4 Å². The molecule has 0 atom stereocenters. The Labute approximate surface area is 198 Å². The van der Waals surface area contributed by atoms with Crippen molar-refractivity contribution in [1.82, 2.24) is 0 Å². The first-order valence-corrected chi connectivity index (χ1v) is 10.7. The molecule has 0 aliphatic rings. The highest BCUT2D eigenvalue weighted by Crippen LogP contribution is 2.31. The number of aromatic nitrogens is 1. The minimum absolute atomic E-state index is 0.329. The maximum Gasteiger partial charge on any atom is 0.205 e. The third-order valence-electron chi connectivity index (χ3n) is 5.35. The summed E-state index contributed by atoms with van der Waals surface area (Å²) in [5.41, 5.74) is 2.44. The summed E-state index contributed by atoms with van der Waals surface area (Å²) in [6, 6.07) is 11.5. The minimum Gasteiger partial charge on any atom is -0.493 e. The van der Waals surface area contributed by atoms with Gasteiger partial charge in [0.25, 0.3) is 0 Å². The second kappa shape index (κ2) is 11.3. The third kappa shape index (κ3) is 5.36. The summed E-state index contributed by atoms with van der Waals surface area (Å²) in [6.45, 7) is 2.66. The lowest BCUT2D eigenvalue weighted by Gasteiger charge is -2.09. The van der Waals surface area contributed by atoms with Gasteiger partial charge in [0, 0.05) is 47.5 Å². The zero-order valence-corrected chi connectivity index (χ0v) is 19.9. The number of nitrogens with zero attached hydrogens (tertiary/aromatic N) is 1. The Morgan fingerprint density at radius 3 is 1.38 bits per heavy atom. The number of methoxy groups -OCH3 is 4. The molecule has 3 rings (SSSR count). The first-order chi connectivity index (χ1) is 16.4. The first-order valence-electron chi connectivity index (χ1n) is 10.7. The van der Waals surface area contributed by atoms with Crippen LogP contribution in [0.2, 0.25) is 0 Å². The molecule has 0 saturated carbocycles. The molecule has 0 aliphatic carbocycles. The van der Waals surface area contributed by atoms with Crippen LogP contribution in [-0.4, -0.2) is 28.4 Å². The van der Waals surface area contributed by atoms with Gasteiger partial charge in [0.1, 0.15) is 18.2 Å². The molecule has 0 N–H and O–H groups in total. The van der Waals surface area contributed by atoms with Crippen molar-refractivity contribution in [3.63, 3.8) is 0 Å². The van der Waals surface area contributed by atoms with Gasteiger partial charge in [-0.25, -0.2) is 8.78 Å². The van der Waals surface area contributed by atoms with E-state index in [1.165, 1.54) is 40.6 Å². The maximum absolute atomic E-state index is 14.5. The fraction of sp³-hybridized carbons (Fsp3) is 0.222. The van der Waals surface area contributed by atoms with E-state index < -0.39 is 11.6 Å². The average Bonchev–Trinajstić information content (AvgIpc) is 2.86. The lowest BCUT2D eigenvalue weighted by atomic mass is 10.1. The van der Waals surface area contributed by atoms with Gasteiger partial charge in [0.05, 0.1) is 28.4 Å². The van der Waals surface area contributed by atoms with Gasteiger partial charge in [0.15, 0.2) is 23.0 Å². The van der Waals surface area contributed by atoms with Gasteiger partial charge in [-0.15, -0.1) is 0 Å². The van der Waals surface area contributed by atoms with Crippen molar-refractivity contribution in [2.75, 3.05) is 28.4 Å². The molecule has 3 aromatic rings. The predicted octanol–water partition coefficient (Wildman–Crippen LogP) is 5.65. The van der Waals surface area contributed by atoms with Crippen LogP contribution in [0.3, 0.4) is 0 Å². The minimum atomic E-state index is -0.420. The first kappa shape index (κ1) is 24.8. The third-order valence-corrected chi connectivity index (χ3v) is 5.35. The Kier molecular flexibility index (Phi) is 8.24. The molecule has 0 radical (unpaired) electrons. The highest BCUT2D eigenvalue weighted by molar-refractivity contribution is 5.71. The van der Waals surface area contributed by atoms with Crippen LogP contribution in [0.25, 0.3) is 24.3 Å². The second-order valence-corrected chi connectivity index (χ2v) is 7.24. The molecule has 1 aromatic heterocycles. The maximum atomic E-state index is 14.5. The summed E-state index contributed by atoms with van der Waals surface area (Å²) in [7, 11) is 5.93. The second-order valence-electron chi connectivity index (χ2n) is 7.24. The molecule has 0 aliphatic heterocycles. The van der Waals surface area contributed by atoms with Gasteiger partial charge in [-0.3, -0.25) is 0 Å². The van der Waals surface area contributed by atoms with Crippen molar-refractivity contribution in [3.8, 4) is 23.0 Å². The Hall–Kier alpha value is -3.87. The van der Waals surface area contributed by atoms with E-state index >= 15 is 0 Å². The molecule has 0 bridgehead atoms. The Bertz CT molecular complexity index is 1130. The lowest BCUT2D eigenvalue weighted by Crippen LogP contribution is -2.38. The lowest BCUT2D eigenvalue weighted by molar-refractivity contribution is -0.696. The fourth-order valence-corrected chi connectivity index (χ4v) is 3.58. The normalized spacial score (nSPS) is 11.3. The van der Waals surface area contributed by atoms with Crippen molar-refractivity contribution < 1.29 is 32.3 Å². The molecule has 2 aromatic carbocycles. The summed E-state index contributed by atoms with van der Waals surface area (Å²) < 4.78 is 51.9. The standard InChI is InChI=1S/C27H28F2NO4/c1-6-30-20(12-10-18-14-24(31-2)26(33-4)16-22(18)28)8-7-9-21(30)13-11-19-15-25(32-3)27(34-5)17-23(19)29/h7-17H,6H2,1-5H3/q+1/b12-10+,13-11+. The van der Waals surface area contributed by atoms with E-state index in [-0.39, 0.29) is 0 Å². The topological polar surface area (TPSA) is 40.8 Å².